The highest BCUT2D eigenvalue weighted by Gasteiger charge is 2.31. The highest BCUT2D eigenvalue weighted by molar-refractivity contribution is 6.31. The van der Waals surface area contributed by atoms with Crippen molar-refractivity contribution in [2.75, 3.05) is 32.1 Å². The molecule has 1 saturated carbocycles. The summed E-state index contributed by atoms with van der Waals surface area (Å²) >= 11 is 6.15. The summed E-state index contributed by atoms with van der Waals surface area (Å²) in [6.45, 7) is 4.40. The molecule has 1 aromatic heterocycles. The van der Waals surface area contributed by atoms with Gasteiger partial charge < -0.3 is 15.4 Å². The van der Waals surface area contributed by atoms with Gasteiger partial charge in [0.1, 0.15) is 0 Å². The zero-order chi connectivity index (χ0) is 19.9. The van der Waals surface area contributed by atoms with E-state index in [4.69, 9.17) is 16.3 Å². The number of anilines is 1. The Morgan fingerprint density at radius 3 is 2.71 bits per heavy atom. The molecule has 156 valence electrons. The molecule has 1 amide bonds. The number of rotatable bonds is 8. The number of amides is 1. The molecule has 0 bridgehead atoms. The second kappa shape index (κ2) is 10.3. The zero-order valence-electron chi connectivity index (χ0n) is 17.0. The van der Waals surface area contributed by atoms with Crippen molar-refractivity contribution in [3.05, 3.63) is 10.8 Å². The van der Waals surface area contributed by atoms with Gasteiger partial charge in [0.2, 0.25) is 5.88 Å². The van der Waals surface area contributed by atoms with Crippen LogP contribution in [0.4, 0.5) is 5.82 Å². The van der Waals surface area contributed by atoms with Crippen LogP contribution < -0.4 is 15.4 Å². The van der Waals surface area contributed by atoms with Crippen LogP contribution in [0.3, 0.4) is 0 Å². The number of carbonyl (C=O) groups is 1. The van der Waals surface area contributed by atoms with Gasteiger partial charge in [-0.1, -0.05) is 30.9 Å². The van der Waals surface area contributed by atoms with Crippen molar-refractivity contribution < 1.29 is 9.53 Å². The fourth-order valence-electron chi connectivity index (χ4n) is 4.47. The smallest absolute Gasteiger partial charge is 0.275 e. The van der Waals surface area contributed by atoms with E-state index in [1.807, 2.05) is 6.92 Å². The molecule has 1 atom stereocenters. The molecule has 1 aromatic rings. The summed E-state index contributed by atoms with van der Waals surface area (Å²) in [6, 6.07) is 1.30. The van der Waals surface area contributed by atoms with Gasteiger partial charge in [-0.2, -0.15) is 4.98 Å². The average Bonchev–Trinajstić information content (AvgIpc) is 3.18. The molecular formula is C20H32ClN5O2. The van der Waals surface area contributed by atoms with Gasteiger partial charge in [-0.25, -0.2) is 4.98 Å². The second-order valence-electron chi connectivity index (χ2n) is 7.62. The normalized spacial score (nSPS) is 20.9. The fraction of sp³-hybridized carbons (Fsp3) is 0.750. The Morgan fingerprint density at radius 2 is 2.00 bits per heavy atom. The van der Waals surface area contributed by atoms with Gasteiger partial charge in [0.25, 0.3) is 5.91 Å². The maximum absolute atomic E-state index is 12.6. The van der Waals surface area contributed by atoms with Crippen LogP contribution in [0.15, 0.2) is 0 Å². The molecule has 1 unspecified atom stereocenters. The minimum absolute atomic E-state index is 0.129. The zero-order valence-corrected chi connectivity index (χ0v) is 17.7. The first-order valence-corrected chi connectivity index (χ1v) is 10.9. The predicted molar refractivity (Wildman–Crippen MR) is 111 cm³/mol. The van der Waals surface area contributed by atoms with Crippen LogP contribution in [0, 0.1) is 0 Å². The standard InChI is InChI=1S/C20H32ClN5O2/c1-3-22-18-17(21)24-16(20(25-18)28-2)19(27)23-12-11-15-10-7-13-26(15)14-8-5-4-6-9-14/h14-15H,3-13H2,1-2H3,(H,22,25)(H,23,27). The number of hydrogen-bond donors (Lipinski definition) is 2. The Balaban J connectivity index is 1.56. The third-order valence-corrected chi connectivity index (χ3v) is 6.07. The number of carbonyl (C=O) groups excluding carboxylic acids is 1. The Hall–Kier alpha value is -1.60. The molecule has 2 aliphatic rings. The van der Waals surface area contributed by atoms with Gasteiger partial charge in [-0.3, -0.25) is 9.69 Å². The summed E-state index contributed by atoms with van der Waals surface area (Å²) < 4.78 is 5.24. The van der Waals surface area contributed by atoms with Crippen LogP contribution in [0.2, 0.25) is 5.15 Å². The molecule has 28 heavy (non-hydrogen) atoms. The lowest BCUT2D eigenvalue weighted by atomic mass is 9.93. The van der Waals surface area contributed by atoms with Crippen molar-refractivity contribution in [2.45, 2.75) is 70.4 Å². The molecule has 1 aliphatic carbocycles. The lowest BCUT2D eigenvalue weighted by Crippen LogP contribution is -2.41. The van der Waals surface area contributed by atoms with E-state index in [0.717, 1.165) is 12.5 Å². The number of aromatic nitrogens is 2. The first kappa shape index (κ1) is 21.1. The largest absolute Gasteiger partial charge is 0.479 e. The maximum atomic E-state index is 12.6. The molecule has 0 spiro atoms. The molecule has 8 heteroatoms. The van der Waals surface area contributed by atoms with Crippen molar-refractivity contribution in [1.29, 1.82) is 0 Å². The minimum atomic E-state index is -0.295. The highest BCUT2D eigenvalue weighted by Crippen LogP contribution is 2.30. The molecule has 3 rings (SSSR count). The summed E-state index contributed by atoms with van der Waals surface area (Å²) in [5, 5.41) is 6.16. The molecule has 2 heterocycles. The Bertz CT molecular complexity index is 666. The topological polar surface area (TPSA) is 79.4 Å². The number of ether oxygens (including phenoxy) is 1. The number of methoxy groups -OCH3 is 1. The van der Waals surface area contributed by atoms with E-state index in [1.54, 1.807) is 0 Å². The first-order valence-electron chi connectivity index (χ1n) is 10.5. The van der Waals surface area contributed by atoms with Crippen LogP contribution in [-0.4, -0.2) is 59.6 Å². The SMILES string of the molecule is CCNc1nc(OC)c(C(=O)NCCC2CCCN2C2CCCCC2)nc1Cl. The van der Waals surface area contributed by atoms with Gasteiger partial charge in [-0.15, -0.1) is 0 Å². The third kappa shape index (κ3) is 5.06. The minimum Gasteiger partial charge on any atom is -0.479 e. The molecular weight excluding hydrogens is 378 g/mol. The fourth-order valence-corrected chi connectivity index (χ4v) is 4.66. The van der Waals surface area contributed by atoms with E-state index >= 15 is 0 Å². The van der Waals surface area contributed by atoms with E-state index in [2.05, 4.69) is 25.5 Å². The Labute approximate surface area is 172 Å². The molecule has 1 aliphatic heterocycles. The second-order valence-corrected chi connectivity index (χ2v) is 7.98. The van der Waals surface area contributed by atoms with E-state index in [1.165, 1.54) is 58.6 Å². The summed E-state index contributed by atoms with van der Waals surface area (Å²) in [5.41, 5.74) is 0.129. The number of nitrogens with one attached hydrogen (secondary N) is 2. The van der Waals surface area contributed by atoms with Crippen LogP contribution in [0.1, 0.15) is 68.8 Å². The Kier molecular flexibility index (Phi) is 7.73. The highest BCUT2D eigenvalue weighted by atomic mass is 35.5. The van der Waals surface area contributed by atoms with Crippen molar-refractivity contribution in [3.8, 4) is 5.88 Å². The van der Waals surface area contributed by atoms with Crippen LogP contribution in [0.25, 0.3) is 0 Å². The molecule has 2 fully saturated rings. The van der Waals surface area contributed by atoms with Gasteiger partial charge in [0, 0.05) is 25.2 Å². The quantitative estimate of drug-likeness (QED) is 0.684. The summed E-state index contributed by atoms with van der Waals surface area (Å²) in [6.07, 6.45) is 10.2. The predicted octanol–water partition coefficient (Wildman–Crippen LogP) is 3.49. The monoisotopic (exact) mass is 409 g/mol. The number of likely N-dealkylation sites (tertiary alicyclic amines) is 1. The lowest BCUT2D eigenvalue weighted by molar-refractivity contribution is 0.0934. The number of nitrogens with zero attached hydrogens (tertiary/aromatic N) is 3. The van der Waals surface area contributed by atoms with Crippen LogP contribution >= 0.6 is 11.6 Å². The Morgan fingerprint density at radius 1 is 1.21 bits per heavy atom. The van der Waals surface area contributed by atoms with E-state index in [9.17, 15) is 4.79 Å². The van der Waals surface area contributed by atoms with Gasteiger partial charge >= 0.3 is 0 Å². The van der Waals surface area contributed by atoms with E-state index in [0.29, 0.717) is 24.9 Å². The maximum Gasteiger partial charge on any atom is 0.275 e. The van der Waals surface area contributed by atoms with Gasteiger partial charge in [0.15, 0.2) is 16.7 Å². The molecule has 1 saturated heterocycles. The molecule has 0 radical (unpaired) electrons. The van der Waals surface area contributed by atoms with Gasteiger partial charge in [0.05, 0.1) is 7.11 Å². The van der Waals surface area contributed by atoms with Crippen molar-refractivity contribution in [3.63, 3.8) is 0 Å². The van der Waals surface area contributed by atoms with E-state index in [-0.39, 0.29) is 22.6 Å². The summed E-state index contributed by atoms with van der Waals surface area (Å²) in [7, 11) is 1.48. The van der Waals surface area contributed by atoms with Gasteiger partial charge in [-0.05, 0) is 45.6 Å². The van der Waals surface area contributed by atoms with Crippen LogP contribution in [0.5, 0.6) is 5.88 Å². The number of hydrogen-bond acceptors (Lipinski definition) is 6. The average molecular weight is 410 g/mol. The summed E-state index contributed by atoms with van der Waals surface area (Å²) in [4.78, 5) is 23.8. The molecule has 0 aromatic carbocycles. The first-order chi connectivity index (χ1) is 13.6. The van der Waals surface area contributed by atoms with Crippen molar-refractivity contribution >= 4 is 23.3 Å². The van der Waals surface area contributed by atoms with Crippen LogP contribution in [-0.2, 0) is 0 Å². The van der Waals surface area contributed by atoms with Crippen molar-refractivity contribution in [2.24, 2.45) is 0 Å². The third-order valence-electron chi connectivity index (χ3n) is 5.80. The van der Waals surface area contributed by atoms with E-state index < -0.39 is 0 Å². The summed E-state index contributed by atoms with van der Waals surface area (Å²) in [5.74, 6) is 0.311. The van der Waals surface area contributed by atoms with Crippen molar-refractivity contribution in [1.82, 2.24) is 20.2 Å². The molecule has 2 N–H and O–H groups in total. The number of halogens is 1. The molecule has 7 nitrogen and oxygen atoms in total. The lowest BCUT2D eigenvalue weighted by Gasteiger charge is -2.35.